The van der Waals surface area contributed by atoms with E-state index in [2.05, 4.69) is 9.97 Å². The molecule has 0 unspecified atom stereocenters. The van der Waals surface area contributed by atoms with E-state index in [1.54, 1.807) is 19.1 Å². The predicted molar refractivity (Wildman–Crippen MR) is 80.3 cm³/mol. The van der Waals surface area contributed by atoms with Gasteiger partial charge in [0, 0.05) is 10.6 Å². The smallest absolute Gasteiger partial charge is 0.307 e. The zero-order valence-corrected chi connectivity index (χ0v) is 11.7. The Hall–Kier alpha value is -2.40. The fourth-order valence-electron chi connectivity index (χ4n) is 2.40. The molecule has 4 nitrogen and oxygen atoms in total. The number of nitrogens with one attached hydrogen (secondary N) is 2. The second-order valence-corrected chi connectivity index (χ2v) is 5.10. The number of fused-ring (bicyclic) bond motifs is 1. The monoisotopic (exact) mass is 304 g/mol. The molecule has 0 amide bonds. The van der Waals surface area contributed by atoms with Gasteiger partial charge in [-0.2, -0.15) is 0 Å². The maximum Gasteiger partial charge on any atom is 0.326 e. The van der Waals surface area contributed by atoms with Crippen LogP contribution in [-0.4, -0.2) is 9.97 Å². The van der Waals surface area contributed by atoms with Crippen molar-refractivity contribution in [2.45, 2.75) is 6.92 Å². The number of benzene rings is 2. The van der Waals surface area contributed by atoms with Gasteiger partial charge in [-0.1, -0.05) is 23.7 Å². The third-order valence-corrected chi connectivity index (χ3v) is 3.67. The summed E-state index contributed by atoms with van der Waals surface area (Å²) in [4.78, 5) is 28.0. The van der Waals surface area contributed by atoms with Crippen LogP contribution >= 0.6 is 11.6 Å². The van der Waals surface area contributed by atoms with Crippen LogP contribution in [0.15, 0.2) is 39.9 Å². The van der Waals surface area contributed by atoms with E-state index in [-0.39, 0.29) is 5.82 Å². The minimum absolute atomic E-state index is 0.308. The lowest BCUT2D eigenvalue weighted by Gasteiger charge is -2.11. The molecule has 0 saturated carbocycles. The summed E-state index contributed by atoms with van der Waals surface area (Å²) in [5.74, 6) is -0.349. The first-order valence-electron chi connectivity index (χ1n) is 6.18. The Morgan fingerprint density at radius 2 is 1.76 bits per heavy atom. The third-order valence-electron chi connectivity index (χ3n) is 3.37. The Kier molecular flexibility index (Phi) is 3.14. The average Bonchev–Trinajstić information content (AvgIpc) is 2.42. The molecule has 6 heteroatoms. The van der Waals surface area contributed by atoms with Crippen LogP contribution in [0.3, 0.4) is 0 Å². The molecule has 0 spiro atoms. The molecule has 0 saturated heterocycles. The number of rotatable bonds is 1. The second-order valence-electron chi connectivity index (χ2n) is 4.70. The van der Waals surface area contributed by atoms with Crippen molar-refractivity contribution in [1.82, 2.24) is 9.97 Å². The van der Waals surface area contributed by atoms with Crippen LogP contribution in [0.5, 0.6) is 0 Å². The lowest BCUT2D eigenvalue weighted by atomic mass is 9.98. The van der Waals surface area contributed by atoms with Gasteiger partial charge < -0.3 is 4.98 Å². The normalized spacial score (nSPS) is 11.0. The van der Waals surface area contributed by atoms with E-state index in [9.17, 15) is 14.0 Å². The Morgan fingerprint density at radius 3 is 2.43 bits per heavy atom. The Labute approximate surface area is 123 Å². The molecule has 0 aliphatic carbocycles. The van der Waals surface area contributed by atoms with E-state index >= 15 is 0 Å². The highest BCUT2D eigenvalue weighted by Gasteiger charge is 2.14. The second kappa shape index (κ2) is 4.86. The summed E-state index contributed by atoms with van der Waals surface area (Å²) >= 11 is 6.26. The van der Waals surface area contributed by atoms with E-state index in [0.717, 1.165) is 0 Å². The average molecular weight is 305 g/mol. The van der Waals surface area contributed by atoms with Crippen LogP contribution in [0.1, 0.15) is 5.56 Å². The maximum atomic E-state index is 13.0. The standard InChI is InChI=1S/C15H10ClFN2O2/c1-7-12(8-2-4-9(17)5-3-8)11(16)6-10-13(7)18-15(21)19-14(10)20/h2-6H,1H3,(H2,18,19,20,21). The Morgan fingerprint density at radius 1 is 1.10 bits per heavy atom. The molecule has 3 rings (SSSR count). The van der Waals surface area contributed by atoms with Crippen LogP contribution in [0.2, 0.25) is 5.02 Å². The highest BCUT2D eigenvalue weighted by Crippen LogP contribution is 2.34. The van der Waals surface area contributed by atoms with E-state index < -0.39 is 11.2 Å². The van der Waals surface area contributed by atoms with E-state index in [4.69, 9.17) is 11.6 Å². The van der Waals surface area contributed by atoms with Crippen molar-refractivity contribution in [3.05, 3.63) is 67.6 Å². The highest BCUT2D eigenvalue weighted by atomic mass is 35.5. The number of H-pyrrole nitrogens is 2. The van der Waals surface area contributed by atoms with Gasteiger partial charge in [0.15, 0.2) is 0 Å². The molecule has 21 heavy (non-hydrogen) atoms. The number of aromatic nitrogens is 2. The molecule has 0 bridgehead atoms. The van der Waals surface area contributed by atoms with Crippen molar-refractivity contribution >= 4 is 22.5 Å². The molecule has 0 aliphatic heterocycles. The molecule has 2 N–H and O–H groups in total. The summed E-state index contributed by atoms with van der Waals surface area (Å²) in [7, 11) is 0. The van der Waals surface area contributed by atoms with Gasteiger partial charge in [-0.3, -0.25) is 9.78 Å². The van der Waals surface area contributed by atoms with Crippen LogP contribution in [-0.2, 0) is 0 Å². The van der Waals surface area contributed by atoms with Gasteiger partial charge in [0.05, 0.1) is 10.9 Å². The van der Waals surface area contributed by atoms with Crippen molar-refractivity contribution < 1.29 is 4.39 Å². The number of halogens is 2. The summed E-state index contributed by atoms with van der Waals surface area (Å²) in [6, 6.07) is 7.35. The first-order chi connectivity index (χ1) is 9.97. The zero-order valence-electron chi connectivity index (χ0n) is 11.0. The minimum Gasteiger partial charge on any atom is -0.307 e. The molecule has 3 aromatic rings. The minimum atomic E-state index is -0.581. The lowest BCUT2D eigenvalue weighted by Crippen LogP contribution is -2.22. The molecule has 0 aliphatic rings. The summed E-state index contributed by atoms with van der Waals surface area (Å²) in [5.41, 5.74) is 1.37. The van der Waals surface area contributed by atoms with Gasteiger partial charge in [0.2, 0.25) is 0 Å². The summed E-state index contributed by atoms with van der Waals surface area (Å²) < 4.78 is 13.0. The summed E-state index contributed by atoms with van der Waals surface area (Å²) in [5, 5.41) is 0.673. The van der Waals surface area contributed by atoms with Gasteiger partial charge in [0.25, 0.3) is 5.56 Å². The molecular weight excluding hydrogens is 295 g/mol. The first kappa shape index (κ1) is 13.6. The Balaban J connectivity index is 2.41. The van der Waals surface area contributed by atoms with Gasteiger partial charge in [-0.05, 0) is 36.2 Å². The lowest BCUT2D eigenvalue weighted by molar-refractivity contribution is 0.628. The number of aromatic amines is 2. The molecule has 1 heterocycles. The fourth-order valence-corrected chi connectivity index (χ4v) is 2.76. The van der Waals surface area contributed by atoms with Gasteiger partial charge in [0.1, 0.15) is 5.82 Å². The molecule has 2 aromatic carbocycles. The van der Waals surface area contributed by atoms with Crippen LogP contribution in [0.25, 0.3) is 22.0 Å². The van der Waals surface area contributed by atoms with Crippen molar-refractivity contribution in [3.8, 4) is 11.1 Å². The third kappa shape index (κ3) is 2.25. The van der Waals surface area contributed by atoms with Crippen molar-refractivity contribution in [3.63, 3.8) is 0 Å². The number of hydrogen-bond acceptors (Lipinski definition) is 2. The van der Waals surface area contributed by atoms with E-state index in [1.807, 2.05) is 0 Å². The van der Waals surface area contributed by atoms with Gasteiger partial charge in [-0.25, -0.2) is 9.18 Å². The van der Waals surface area contributed by atoms with Crippen molar-refractivity contribution in [2.24, 2.45) is 0 Å². The quantitative estimate of drug-likeness (QED) is 0.726. The van der Waals surface area contributed by atoms with Crippen molar-refractivity contribution in [1.29, 1.82) is 0 Å². The Bertz CT molecular complexity index is 958. The molecule has 1 aromatic heterocycles. The zero-order chi connectivity index (χ0) is 15.1. The van der Waals surface area contributed by atoms with E-state index in [0.29, 0.717) is 32.6 Å². The molecular formula is C15H10ClFN2O2. The topological polar surface area (TPSA) is 65.7 Å². The molecule has 106 valence electrons. The number of aryl methyl sites for hydroxylation is 1. The number of hydrogen-bond donors (Lipinski definition) is 2. The van der Waals surface area contributed by atoms with Crippen molar-refractivity contribution in [2.75, 3.05) is 0 Å². The summed E-state index contributed by atoms with van der Waals surface area (Å²) in [6.45, 7) is 1.75. The van der Waals surface area contributed by atoms with Gasteiger partial charge in [-0.15, -0.1) is 0 Å². The van der Waals surface area contributed by atoms with E-state index in [1.165, 1.54) is 18.2 Å². The largest absolute Gasteiger partial charge is 0.326 e. The maximum absolute atomic E-state index is 13.0. The molecule has 0 atom stereocenters. The van der Waals surface area contributed by atoms with Crippen LogP contribution < -0.4 is 11.2 Å². The van der Waals surface area contributed by atoms with Crippen LogP contribution in [0, 0.1) is 12.7 Å². The molecule has 0 radical (unpaired) electrons. The first-order valence-corrected chi connectivity index (χ1v) is 6.56. The summed E-state index contributed by atoms with van der Waals surface area (Å²) in [6.07, 6.45) is 0. The van der Waals surface area contributed by atoms with Crippen LogP contribution in [0.4, 0.5) is 4.39 Å². The van der Waals surface area contributed by atoms with Gasteiger partial charge >= 0.3 is 5.69 Å². The fraction of sp³-hybridized carbons (Fsp3) is 0.0667. The predicted octanol–water partition coefficient (Wildman–Crippen LogP) is 2.98. The molecule has 0 fully saturated rings. The highest BCUT2D eigenvalue weighted by molar-refractivity contribution is 6.34. The SMILES string of the molecule is Cc1c(-c2ccc(F)cc2)c(Cl)cc2c(=O)[nH]c(=O)[nH]c12.